The van der Waals surface area contributed by atoms with Crippen LogP contribution in [0, 0.1) is 11.8 Å². The average Bonchev–Trinajstić information content (AvgIpc) is 3.33. The van der Waals surface area contributed by atoms with Gasteiger partial charge in [0.25, 0.3) is 0 Å². The summed E-state index contributed by atoms with van der Waals surface area (Å²) in [4.78, 5) is 0. The van der Waals surface area contributed by atoms with E-state index in [9.17, 15) is 13.5 Å². The third-order valence-corrected chi connectivity index (χ3v) is 7.43. The summed E-state index contributed by atoms with van der Waals surface area (Å²) in [6.07, 6.45) is 8.52. The van der Waals surface area contributed by atoms with Gasteiger partial charge < -0.3 is 14.9 Å². The Labute approximate surface area is 174 Å². The average molecular weight is 424 g/mol. The van der Waals surface area contributed by atoms with Gasteiger partial charge in [0.15, 0.2) is 0 Å². The van der Waals surface area contributed by atoms with E-state index in [0.717, 1.165) is 31.2 Å². The van der Waals surface area contributed by atoms with Crippen LogP contribution < -0.4 is 4.72 Å². The van der Waals surface area contributed by atoms with Crippen LogP contribution in [0.5, 0.6) is 0 Å². The Bertz CT molecular complexity index is 752. The molecule has 1 aromatic rings. The van der Waals surface area contributed by atoms with Crippen LogP contribution in [-0.4, -0.2) is 55.8 Å². The second-order valence-electron chi connectivity index (χ2n) is 8.14. The standard InChI is InChI=1S/C22H33NO5S/c24-16-18(25)9-5-2-6-10-19-20(22-12-11-21(19)28-22)15-23-29(26,27)14-13-17-7-3-1-4-8-17/h1-4,6-8,18-25H,5,9-16H2/t18-,19?,20-,21+,22-/m1/s1. The summed E-state index contributed by atoms with van der Waals surface area (Å²) in [5.41, 5.74) is 1.02. The quantitative estimate of drug-likeness (QED) is 0.447. The topological polar surface area (TPSA) is 95.9 Å². The number of fused-ring (bicyclic) bond motifs is 2. The second-order valence-corrected chi connectivity index (χ2v) is 10.1. The Kier molecular flexibility index (Phi) is 8.26. The van der Waals surface area contributed by atoms with Gasteiger partial charge >= 0.3 is 0 Å². The molecule has 6 nitrogen and oxygen atoms in total. The van der Waals surface area contributed by atoms with Crippen molar-refractivity contribution >= 4 is 10.0 Å². The van der Waals surface area contributed by atoms with E-state index in [0.29, 0.717) is 25.3 Å². The van der Waals surface area contributed by atoms with Gasteiger partial charge in [-0.15, -0.1) is 0 Å². The van der Waals surface area contributed by atoms with Crippen molar-refractivity contribution in [2.75, 3.05) is 18.9 Å². The molecule has 5 atom stereocenters. The Morgan fingerprint density at radius 2 is 1.86 bits per heavy atom. The molecule has 0 saturated carbocycles. The molecule has 2 heterocycles. The Balaban J connectivity index is 1.47. The van der Waals surface area contributed by atoms with Crippen LogP contribution in [0.4, 0.5) is 0 Å². The number of nitrogens with one attached hydrogen (secondary N) is 1. The lowest BCUT2D eigenvalue weighted by Gasteiger charge is -2.27. The first kappa shape index (κ1) is 22.4. The van der Waals surface area contributed by atoms with Gasteiger partial charge in [-0.3, -0.25) is 0 Å². The number of hydrogen-bond donors (Lipinski definition) is 3. The number of aliphatic hydroxyl groups is 2. The summed E-state index contributed by atoms with van der Waals surface area (Å²) in [5, 5.41) is 18.2. The smallest absolute Gasteiger partial charge is 0.211 e. The number of allylic oxidation sites excluding steroid dienone is 2. The summed E-state index contributed by atoms with van der Waals surface area (Å²) in [7, 11) is -3.32. The molecule has 3 rings (SSSR count). The fourth-order valence-corrected chi connectivity index (χ4v) is 5.52. The third-order valence-electron chi connectivity index (χ3n) is 6.08. The lowest BCUT2D eigenvalue weighted by atomic mass is 9.77. The lowest BCUT2D eigenvalue weighted by Crippen LogP contribution is -2.39. The van der Waals surface area contributed by atoms with Crippen LogP contribution in [0.15, 0.2) is 42.5 Å². The lowest BCUT2D eigenvalue weighted by molar-refractivity contribution is 0.0875. The molecule has 1 aromatic carbocycles. The largest absolute Gasteiger partial charge is 0.394 e. The molecule has 2 fully saturated rings. The number of rotatable bonds is 12. The molecule has 0 aromatic heterocycles. The second kappa shape index (κ2) is 10.7. The van der Waals surface area contributed by atoms with E-state index in [-0.39, 0.29) is 30.5 Å². The van der Waals surface area contributed by atoms with Crippen molar-refractivity contribution < 1.29 is 23.4 Å². The number of benzene rings is 1. The molecule has 2 bridgehead atoms. The fourth-order valence-electron chi connectivity index (χ4n) is 4.42. The molecule has 3 N–H and O–H groups in total. The Morgan fingerprint density at radius 1 is 1.14 bits per heavy atom. The molecule has 29 heavy (non-hydrogen) atoms. The van der Waals surface area contributed by atoms with Crippen molar-refractivity contribution in [3.05, 3.63) is 48.0 Å². The molecule has 2 saturated heterocycles. The first-order valence-electron chi connectivity index (χ1n) is 10.6. The molecule has 7 heteroatoms. The zero-order valence-electron chi connectivity index (χ0n) is 16.8. The molecule has 2 aliphatic heterocycles. The summed E-state index contributed by atoms with van der Waals surface area (Å²) in [5.74, 6) is 0.619. The van der Waals surface area contributed by atoms with E-state index in [1.807, 2.05) is 36.4 Å². The first-order chi connectivity index (χ1) is 14.0. The summed E-state index contributed by atoms with van der Waals surface area (Å²) in [6.45, 7) is 0.223. The van der Waals surface area contributed by atoms with E-state index in [4.69, 9.17) is 9.84 Å². The van der Waals surface area contributed by atoms with Gasteiger partial charge in [-0.25, -0.2) is 13.1 Å². The molecule has 0 aliphatic carbocycles. The fraction of sp³-hybridized carbons (Fsp3) is 0.636. The maximum Gasteiger partial charge on any atom is 0.211 e. The van der Waals surface area contributed by atoms with E-state index in [1.54, 1.807) is 0 Å². The van der Waals surface area contributed by atoms with Crippen LogP contribution >= 0.6 is 0 Å². The highest BCUT2D eigenvalue weighted by molar-refractivity contribution is 7.89. The monoisotopic (exact) mass is 423 g/mol. The molecule has 0 amide bonds. The third kappa shape index (κ3) is 6.62. The van der Waals surface area contributed by atoms with Gasteiger partial charge in [-0.2, -0.15) is 0 Å². The highest BCUT2D eigenvalue weighted by Crippen LogP contribution is 2.44. The van der Waals surface area contributed by atoms with Crippen LogP contribution in [0.3, 0.4) is 0 Å². The van der Waals surface area contributed by atoms with Crippen LogP contribution in [0.2, 0.25) is 0 Å². The molecule has 2 aliphatic rings. The van der Waals surface area contributed by atoms with Crippen LogP contribution in [-0.2, 0) is 21.2 Å². The highest BCUT2D eigenvalue weighted by atomic mass is 32.2. The van der Waals surface area contributed by atoms with Gasteiger partial charge in [0.1, 0.15) is 0 Å². The van der Waals surface area contributed by atoms with Crippen molar-refractivity contribution in [1.29, 1.82) is 0 Å². The minimum absolute atomic E-state index is 0.0937. The highest BCUT2D eigenvalue weighted by Gasteiger charge is 2.48. The Hall–Kier alpha value is -1.25. The predicted molar refractivity (Wildman–Crippen MR) is 113 cm³/mol. The Morgan fingerprint density at radius 3 is 2.59 bits per heavy atom. The number of sulfonamides is 1. The van der Waals surface area contributed by atoms with Crippen molar-refractivity contribution in [3.63, 3.8) is 0 Å². The maximum atomic E-state index is 12.5. The zero-order valence-corrected chi connectivity index (χ0v) is 17.6. The van der Waals surface area contributed by atoms with Gasteiger partial charge in [0, 0.05) is 12.5 Å². The van der Waals surface area contributed by atoms with E-state index < -0.39 is 16.1 Å². The first-order valence-corrected chi connectivity index (χ1v) is 12.2. The summed E-state index contributed by atoms with van der Waals surface area (Å²) in [6, 6.07) is 9.66. The van der Waals surface area contributed by atoms with E-state index in [1.165, 1.54) is 0 Å². The minimum atomic E-state index is -3.32. The number of aliphatic hydroxyl groups excluding tert-OH is 2. The minimum Gasteiger partial charge on any atom is -0.394 e. The van der Waals surface area contributed by atoms with Crippen LogP contribution in [0.25, 0.3) is 0 Å². The van der Waals surface area contributed by atoms with Gasteiger partial charge in [-0.05, 0) is 50.0 Å². The zero-order chi connectivity index (χ0) is 20.7. The normalized spacial score (nSPS) is 27.7. The summed E-state index contributed by atoms with van der Waals surface area (Å²) < 4.78 is 33.8. The van der Waals surface area contributed by atoms with Crippen LogP contribution in [0.1, 0.15) is 37.7 Å². The molecule has 162 valence electrons. The van der Waals surface area contributed by atoms with Crippen molar-refractivity contribution in [1.82, 2.24) is 4.72 Å². The van der Waals surface area contributed by atoms with Crippen molar-refractivity contribution in [2.24, 2.45) is 11.8 Å². The van der Waals surface area contributed by atoms with Gasteiger partial charge in [0.05, 0.1) is 30.7 Å². The number of ether oxygens (including phenoxy) is 1. The van der Waals surface area contributed by atoms with Crippen molar-refractivity contribution in [3.8, 4) is 0 Å². The van der Waals surface area contributed by atoms with Gasteiger partial charge in [0.2, 0.25) is 10.0 Å². The number of hydrogen-bond acceptors (Lipinski definition) is 5. The van der Waals surface area contributed by atoms with E-state index >= 15 is 0 Å². The summed E-state index contributed by atoms with van der Waals surface area (Å²) >= 11 is 0. The predicted octanol–water partition coefficient (Wildman–Crippen LogP) is 2.02. The van der Waals surface area contributed by atoms with E-state index in [2.05, 4.69) is 10.8 Å². The van der Waals surface area contributed by atoms with Crippen molar-refractivity contribution in [2.45, 2.75) is 56.8 Å². The maximum absolute atomic E-state index is 12.5. The number of aryl methyl sites for hydroxylation is 1. The van der Waals surface area contributed by atoms with Gasteiger partial charge in [-0.1, -0.05) is 42.5 Å². The SMILES string of the molecule is O=S(=O)(CCc1ccccc1)NC[C@@H]1C(CC=CCC[C@@H](O)CO)[C@@H]2CC[C@H]1O2. The molecular formula is C22H33NO5S. The molecule has 0 radical (unpaired) electrons. The molecule has 0 spiro atoms. The molecular weight excluding hydrogens is 390 g/mol. The molecule has 1 unspecified atom stereocenters.